The van der Waals surface area contributed by atoms with E-state index in [-0.39, 0.29) is 5.69 Å². The van der Waals surface area contributed by atoms with Crippen LogP contribution in [-0.2, 0) is 6.54 Å². The Kier molecular flexibility index (Phi) is 5.03. The average Bonchev–Trinajstić information content (AvgIpc) is 2.68. The van der Waals surface area contributed by atoms with Crippen molar-refractivity contribution in [3.05, 3.63) is 65.4 Å². The first-order valence-electron chi connectivity index (χ1n) is 9.44. The van der Waals surface area contributed by atoms with Gasteiger partial charge in [0.1, 0.15) is 5.82 Å². The van der Waals surface area contributed by atoms with Crippen molar-refractivity contribution >= 4 is 22.3 Å². The highest BCUT2D eigenvalue weighted by atomic mass is 19.2. The van der Waals surface area contributed by atoms with Crippen LogP contribution in [0.2, 0.25) is 0 Å². The van der Waals surface area contributed by atoms with Crippen LogP contribution in [-0.4, -0.2) is 23.0 Å². The van der Waals surface area contributed by atoms with Gasteiger partial charge >= 0.3 is 0 Å². The fraction of sp³-hybridized carbons (Fsp3) is 0.318. The van der Waals surface area contributed by atoms with Gasteiger partial charge in [-0.2, -0.15) is 0 Å². The lowest BCUT2D eigenvalue weighted by molar-refractivity contribution is 0.221. The van der Waals surface area contributed by atoms with Crippen molar-refractivity contribution in [3.63, 3.8) is 0 Å². The van der Waals surface area contributed by atoms with Crippen LogP contribution in [0, 0.1) is 18.6 Å². The summed E-state index contributed by atoms with van der Waals surface area (Å²) in [6.45, 7) is 5.17. The molecule has 1 aliphatic heterocycles. The molecule has 140 valence electrons. The predicted octanol–water partition coefficient (Wildman–Crippen LogP) is 5.55. The van der Waals surface area contributed by atoms with Crippen LogP contribution in [0.15, 0.2) is 42.6 Å². The third-order valence-electron chi connectivity index (χ3n) is 5.25. The van der Waals surface area contributed by atoms with Gasteiger partial charge in [-0.15, -0.1) is 0 Å². The van der Waals surface area contributed by atoms with Gasteiger partial charge in [0, 0.05) is 18.1 Å². The van der Waals surface area contributed by atoms with Crippen molar-refractivity contribution in [2.75, 3.05) is 18.4 Å². The van der Waals surface area contributed by atoms with E-state index in [1.165, 1.54) is 37.0 Å². The van der Waals surface area contributed by atoms with E-state index in [9.17, 15) is 8.78 Å². The number of anilines is 2. The monoisotopic (exact) mass is 367 g/mol. The normalized spacial score (nSPS) is 15.2. The lowest BCUT2D eigenvalue weighted by Crippen LogP contribution is -2.29. The average molecular weight is 367 g/mol. The van der Waals surface area contributed by atoms with Gasteiger partial charge in [0.05, 0.1) is 5.69 Å². The molecular formula is C22H23F2N3. The molecule has 0 atom stereocenters. The molecule has 1 saturated heterocycles. The van der Waals surface area contributed by atoms with E-state index in [0.29, 0.717) is 5.82 Å². The Labute approximate surface area is 158 Å². The van der Waals surface area contributed by atoms with Gasteiger partial charge in [-0.3, -0.25) is 4.90 Å². The molecule has 3 aromatic rings. The molecule has 0 amide bonds. The molecular weight excluding hydrogens is 344 g/mol. The maximum atomic E-state index is 14.1. The summed E-state index contributed by atoms with van der Waals surface area (Å²) in [6, 6.07) is 10.1. The highest BCUT2D eigenvalue weighted by Crippen LogP contribution is 2.31. The Balaban J connectivity index is 1.73. The van der Waals surface area contributed by atoms with Gasteiger partial charge in [0.2, 0.25) is 0 Å². The van der Waals surface area contributed by atoms with E-state index in [1.807, 2.05) is 18.3 Å². The number of aryl methyl sites for hydroxylation is 1. The first-order valence-corrected chi connectivity index (χ1v) is 9.44. The van der Waals surface area contributed by atoms with Crippen LogP contribution in [0.5, 0.6) is 0 Å². The van der Waals surface area contributed by atoms with Gasteiger partial charge in [-0.25, -0.2) is 13.8 Å². The Morgan fingerprint density at radius 3 is 2.63 bits per heavy atom. The SMILES string of the molecule is Cc1cccc2c(Nc3cccc(F)c3F)ncc(CN3CCCCC3)c12. The number of fused-ring (bicyclic) bond motifs is 1. The summed E-state index contributed by atoms with van der Waals surface area (Å²) < 4.78 is 27.6. The minimum Gasteiger partial charge on any atom is -0.337 e. The maximum Gasteiger partial charge on any atom is 0.182 e. The third kappa shape index (κ3) is 3.65. The number of halogens is 2. The molecule has 0 saturated carbocycles. The smallest absolute Gasteiger partial charge is 0.182 e. The van der Waals surface area contributed by atoms with Crippen molar-refractivity contribution in [1.29, 1.82) is 0 Å². The number of pyridine rings is 1. The lowest BCUT2D eigenvalue weighted by Gasteiger charge is -2.27. The summed E-state index contributed by atoms with van der Waals surface area (Å²) in [7, 11) is 0. The molecule has 2 aromatic carbocycles. The molecule has 1 aliphatic rings. The number of piperidine rings is 1. The Morgan fingerprint density at radius 2 is 1.81 bits per heavy atom. The largest absolute Gasteiger partial charge is 0.337 e. The Bertz CT molecular complexity index is 965. The van der Waals surface area contributed by atoms with Gasteiger partial charge in [-0.05, 0) is 61.5 Å². The second kappa shape index (κ2) is 7.61. The summed E-state index contributed by atoms with van der Waals surface area (Å²) >= 11 is 0. The van der Waals surface area contributed by atoms with Crippen molar-refractivity contribution < 1.29 is 8.78 Å². The number of aromatic nitrogens is 1. The number of hydrogen-bond donors (Lipinski definition) is 1. The second-order valence-electron chi connectivity index (χ2n) is 7.19. The number of hydrogen-bond acceptors (Lipinski definition) is 3. The minimum atomic E-state index is -0.891. The van der Waals surface area contributed by atoms with Crippen LogP contribution < -0.4 is 5.32 Å². The van der Waals surface area contributed by atoms with Crippen molar-refractivity contribution in [2.45, 2.75) is 32.7 Å². The molecule has 0 unspecified atom stereocenters. The standard InChI is InChI=1S/C22H23F2N3/c1-15-7-5-8-17-20(15)16(14-27-11-3-2-4-12-27)13-25-22(17)26-19-10-6-9-18(23)21(19)24/h5-10,13H,2-4,11-12,14H2,1H3,(H,25,26). The molecule has 2 heterocycles. The van der Waals surface area contributed by atoms with Crippen LogP contribution in [0.3, 0.4) is 0 Å². The molecule has 1 aromatic heterocycles. The highest BCUT2D eigenvalue weighted by molar-refractivity contribution is 5.97. The van der Waals surface area contributed by atoms with Crippen LogP contribution in [0.1, 0.15) is 30.4 Å². The lowest BCUT2D eigenvalue weighted by atomic mass is 10.0. The first kappa shape index (κ1) is 17.9. The molecule has 0 radical (unpaired) electrons. The molecule has 0 bridgehead atoms. The fourth-order valence-corrected chi connectivity index (χ4v) is 3.87. The van der Waals surface area contributed by atoms with E-state index in [0.717, 1.165) is 42.0 Å². The quantitative estimate of drug-likeness (QED) is 0.655. The topological polar surface area (TPSA) is 28.2 Å². The molecule has 0 aliphatic carbocycles. The van der Waals surface area contributed by atoms with Gasteiger partial charge in [0.15, 0.2) is 11.6 Å². The number of benzene rings is 2. The van der Waals surface area contributed by atoms with Crippen LogP contribution in [0.4, 0.5) is 20.3 Å². The van der Waals surface area contributed by atoms with Gasteiger partial charge in [0.25, 0.3) is 0 Å². The van der Waals surface area contributed by atoms with Crippen molar-refractivity contribution in [3.8, 4) is 0 Å². The van der Waals surface area contributed by atoms with Crippen LogP contribution >= 0.6 is 0 Å². The summed E-state index contributed by atoms with van der Waals surface area (Å²) in [6.07, 6.45) is 5.64. The zero-order valence-electron chi connectivity index (χ0n) is 15.4. The molecule has 1 fully saturated rings. The van der Waals surface area contributed by atoms with Crippen molar-refractivity contribution in [2.24, 2.45) is 0 Å². The van der Waals surface area contributed by atoms with E-state index < -0.39 is 11.6 Å². The van der Waals surface area contributed by atoms with Crippen LogP contribution in [0.25, 0.3) is 10.8 Å². The third-order valence-corrected chi connectivity index (χ3v) is 5.25. The summed E-state index contributed by atoms with van der Waals surface area (Å²) in [4.78, 5) is 7.02. The minimum absolute atomic E-state index is 0.0917. The molecule has 4 rings (SSSR count). The van der Waals surface area contributed by atoms with E-state index in [2.05, 4.69) is 28.2 Å². The Morgan fingerprint density at radius 1 is 1.04 bits per heavy atom. The zero-order chi connectivity index (χ0) is 18.8. The predicted molar refractivity (Wildman–Crippen MR) is 105 cm³/mol. The van der Waals surface area contributed by atoms with E-state index in [4.69, 9.17) is 0 Å². The molecule has 5 heteroatoms. The molecule has 1 N–H and O–H groups in total. The van der Waals surface area contributed by atoms with Gasteiger partial charge < -0.3 is 5.32 Å². The summed E-state index contributed by atoms with van der Waals surface area (Å²) in [5, 5.41) is 5.04. The highest BCUT2D eigenvalue weighted by Gasteiger charge is 2.16. The summed E-state index contributed by atoms with van der Waals surface area (Å²) in [5.74, 6) is -1.22. The molecule has 3 nitrogen and oxygen atoms in total. The fourth-order valence-electron chi connectivity index (χ4n) is 3.87. The van der Waals surface area contributed by atoms with Gasteiger partial charge in [-0.1, -0.05) is 30.7 Å². The Hall–Kier alpha value is -2.53. The number of likely N-dealkylation sites (tertiary alicyclic amines) is 1. The zero-order valence-corrected chi connectivity index (χ0v) is 15.4. The maximum absolute atomic E-state index is 14.1. The number of nitrogens with zero attached hydrogens (tertiary/aromatic N) is 2. The van der Waals surface area contributed by atoms with E-state index in [1.54, 1.807) is 0 Å². The summed E-state index contributed by atoms with van der Waals surface area (Å²) in [5.41, 5.74) is 2.43. The molecule has 0 spiro atoms. The molecule has 27 heavy (non-hydrogen) atoms. The number of nitrogens with one attached hydrogen (secondary N) is 1. The number of rotatable bonds is 4. The second-order valence-corrected chi connectivity index (χ2v) is 7.19. The van der Waals surface area contributed by atoms with Crippen molar-refractivity contribution in [1.82, 2.24) is 9.88 Å². The van der Waals surface area contributed by atoms with E-state index >= 15 is 0 Å². The first-order chi connectivity index (χ1) is 13.1.